The zero-order valence-electron chi connectivity index (χ0n) is 86.3. The summed E-state index contributed by atoms with van der Waals surface area (Å²) in [6.07, 6.45) is 144. The van der Waals surface area contributed by atoms with Gasteiger partial charge in [-0.3, -0.25) is 32.5 Å². The lowest BCUT2D eigenvalue weighted by atomic mass is 10.0. The molecule has 5 unspecified atom stereocenters. The lowest BCUT2D eigenvalue weighted by Gasteiger charge is -2.21. The van der Waals surface area contributed by atoms with Crippen LogP contribution in [0.5, 0.6) is 0 Å². The number of esters is 3. The molecule has 18 heteroatoms. The summed E-state index contributed by atoms with van der Waals surface area (Å²) in [5, 5.41) is 20.8. The van der Waals surface area contributed by atoms with Crippen LogP contribution in [0.3, 0.4) is 0 Å². The topological polar surface area (TPSA) is 231 Å². The second kappa shape index (κ2) is 107. The van der Waals surface area contributed by atoms with E-state index in [0.717, 1.165) is 167 Å². The molecule has 16 nitrogen and oxygen atoms in total. The Balaban J connectivity index is 4.60. The van der Waals surface area contributed by atoms with Gasteiger partial charge in [0.2, 0.25) is 0 Å². The molecule has 0 fully saturated rings. The molecule has 0 spiro atoms. The van der Waals surface area contributed by atoms with Crippen LogP contribution in [0.25, 0.3) is 0 Å². The van der Waals surface area contributed by atoms with Crippen LogP contribution in [0.2, 0.25) is 0 Å². The highest BCUT2D eigenvalue weighted by atomic mass is 31.2. The molecule has 776 valence electrons. The predicted molar refractivity (Wildman–Crippen MR) is 574 cm³/mol. The maximum absolute atomic E-state index is 13.2. The Morgan fingerprint density at radius 2 is 0.393 bits per heavy atom. The minimum Gasteiger partial charge on any atom is -0.463 e. The highest BCUT2D eigenvalue weighted by molar-refractivity contribution is 7.47. The van der Waals surface area contributed by atoms with Crippen LogP contribution in [-0.4, -0.2) is 95.9 Å². The normalized spacial score (nSPS) is 14.3. The zero-order valence-corrected chi connectivity index (χ0v) is 88.1. The minimum atomic E-state index is -4.95. The molecule has 0 bridgehead atoms. The second-order valence-corrected chi connectivity index (χ2v) is 39.6. The van der Waals surface area contributed by atoms with E-state index in [0.29, 0.717) is 19.3 Å². The summed E-state index contributed by atoms with van der Waals surface area (Å²) in [5.74, 6) is -1.55. The Bertz CT molecular complexity index is 3190. The van der Waals surface area contributed by atoms with E-state index in [4.69, 9.17) is 32.3 Å². The van der Waals surface area contributed by atoms with Crippen molar-refractivity contribution in [2.24, 2.45) is 0 Å². The van der Waals surface area contributed by atoms with Gasteiger partial charge in [0, 0.05) is 19.3 Å². The molecular weight excluding hydrogens is 1720 g/mol. The molecule has 0 aromatic heterocycles. The largest absolute Gasteiger partial charge is 0.472 e. The van der Waals surface area contributed by atoms with Gasteiger partial charge in [-0.2, -0.15) is 0 Å². The summed E-state index contributed by atoms with van der Waals surface area (Å²) >= 11 is 0. The van der Waals surface area contributed by atoms with Gasteiger partial charge in [0.05, 0.1) is 26.4 Å². The molecule has 5 atom stereocenters. The standard InChI is InChI=1S/C117H202O16P2/c1-4-7-10-13-16-19-22-25-28-31-34-37-40-43-46-49-52-54-55-57-60-61-64-67-70-73-76-79-82-85-88-91-94-97-100-103-115(120)127-106-112(118)107-129-134(123,124)130-108-113(119)109-131-135(125,126)132-111-114(133-117(122)105-102-99-96-93-90-87-84-81-78-75-72-69-66-63-58-51-48-45-42-39-36-33-30-27-24-21-18-15-12-9-6-3)110-128-116(121)104-101-98-95-92-89-86-83-80-77-74-71-68-65-62-59-56-53-50-47-44-41-38-35-32-29-26-23-20-17-14-11-8-5-2/h8-9,11-12,16-21,25-30,34-39,43-48,53,56,112-114,118-119H,4-7,10,13-15,22-24,31-33,40-42,49-52,54-55,57-111H2,1-3H3,(H,123,124)(H,125,126)/b11-8-,12-9-,19-16-,20-17-,21-18-,28-25-,29-26-,30-27-,37-34-,38-35-,39-36-,46-43-,47-44-,48-45-,56-53-. The average Bonchev–Trinajstić information content (AvgIpc) is 0.895. The van der Waals surface area contributed by atoms with Gasteiger partial charge in [-0.1, -0.05) is 486 Å². The van der Waals surface area contributed by atoms with Crippen LogP contribution < -0.4 is 0 Å². The first kappa shape index (κ1) is 130. The van der Waals surface area contributed by atoms with Crippen LogP contribution in [0.4, 0.5) is 0 Å². The van der Waals surface area contributed by atoms with E-state index in [9.17, 15) is 43.5 Å². The van der Waals surface area contributed by atoms with Crippen LogP contribution in [-0.2, 0) is 55.8 Å². The molecule has 0 saturated carbocycles. The van der Waals surface area contributed by atoms with Gasteiger partial charge in [0.15, 0.2) is 6.10 Å². The lowest BCUT2D eigenvalue weighted by Crippen LogP contribution is -2.30. The fraction of sp³-hybridized carbons (Fsp3) is 0.718. The quantitative estimate of drug-likeness (QED) is 0.0146. The van der Waals surface area contributed by atoms with Crippen molar-refractivity contribution in [3.8, 4) is 0 Å². The number of ether oxygens (including phenoxy) is 3. The number of hydrogen-bond acceptors (Lipinski definition) is 14. The van der Waals surface area contributed by atoms with Crippen molar-refractivity contribution in [1.29, 1.82) is 0 Å². The number of aliphatic hydroxyl groups is 2. The van der Waals surface area contributed by atoms with E-state index in [1.54, 1.807) is 0 Å². The molecule has 4 N–H and O–H groups in total. The Labute approximate surface area is 827 Å². The molecule has 0 radical (unpaired) electrons. The number of carbonyl (C=O) groups excluding carboxylic acids is 3. The number of carbonyl (C=O) groups is 3. The van der Waals surface area contributed by atoms with Gasteiger partial charge >= 0.3 is 33.6 Å². The predicted octanol–water partition coefficient (Wildman–Crippen LogP) is 35.5. The van der Waals surface area contributed by atoms with Gasteiger partial charge in [-0.25, -0.2) is 9.13 Å². The highest BCUT2D eigenvalue weighted by Gasteiger charge is 2.30. The van der Waals surface area contributed by atoms with Gasteiger partial charge in [0.1, 0.15) is 25.4 Å². The van der Waals surface area contributed by atoms with Gasteiger partial charge in [0.25, 0.3) is 0 Å². The van der Waals surface area contributed by atoms with Crippen molar-refractivity contribution in [3.05, 3.63) is 182 Å². The third-order valence-electron chi connectivity index (χ3n) is 23.6. The third-order valence-corrected chi connectivity index (χ3v) is 25.5. The summed E-state index contributed by atoms with van der Waals surface area (Å²) in [7, 11) is -9.82. The SMILES string of the molecule is CC/C=C\C/C=C\C/C=C\C/C=C\C/C=C\C/C=C\CCCCCCCCCCCCCCCCC(=O)OCC(COP(=O)(O)OCC(O)COP(=O)(O)OCC(O)COC(=O)CCCCCCCCCCCCCCCCCCCCC/C=C\C/C=C\C/C=C\C/C=C\CCCCC)OC(=O)CCCCCCCCCCCCCCCCC/C=C\C/C=C\C/C=C\C/C=C\C/C=C\CC. The number of hydrogen-bond donors (Lipinski definition) is 4. The molecule has 0 heterocycles. The number of phosphoric acid groups is 2. The molecule has 135 heavy (non-hydrogen) atoms. The van der Waals surface area contributed by atoms with Gasteiger partial charge in [-0.05, 0) is 161 Å². The fourth-order valence-corrected chi connectivity index (χ4v) is 16.9. The number of rotatable bonds is 104. The maximum atomic E-state index is 13.2. The van der Waals surface area contributed by atoms with Crippen LogP contribution in [0.15, 0.2) is 182 Å². The van der Waals surface area contributed by atoms with E-state index >= 15 is 0 Å². The van der Waals surface area contributed by atoms with Crippen LogP contribution >= 0.6 is 15.6 Å². The number of allylic oxidation sites excluding steroid dienone is 30. The number of aliphatic hydroxyl groups excluding tert-OH is 2. The molecule has 0 saturated heterocycles. The van der Waals surface area contributed by atoms with Crippen molar-refractivity contribution >= 4 is 33.6 Å². The second-order valence-electron chi connectivity index (χ2n) is 36.7. The summed E-state index contributed by atoms with van der Waals surface area (Å²) in [6, 6.07) is 0. The van der Waals surface area contributed by atoms with Gasteiger partial charge < -0.3 is 34.2 Å². The Kier molecular flexibility index (Phi) is 103. The fourth-order valence-electron chi connectivity index (χ4n) is 15.4. The highest BCUT2D eigenvalue weighted by Crippen LogP contribution is 2.45. The monoisotopic (exact) mass is 1930 g/mol. The van der Waals surface area contributed by atoms with E-state index in [2.05, 4.69) is 203 Å². The van der Waals surface area contributed by atoms with E-state index < -0.39 is 91.5 Å². The summed E-state index contributed by atoms with van der Waals surface area (Å²) in [4.78, 5) is 59.4. The van der Waals surface area contributed by atoms with Crippen LogP contribution in [0.1, 0.15) is 483 Å². The van der Waals surface area contributed by atoms with Crippen molar-refractivity contribution in [2.75, 3.05) is 39.6 Å². The van der Waals surface area contributed by atoms with E-state index in [-0.39, 0.29) is 19.3 Å². The smallest absolute Gasteiger partial charge is 0.463 e. The summed E-state index contributed by atoms with van der Waals surface area (Å²) in [6.45, 7) is 2.52. The summed E-state index contributed by atoms with van der Waals surface area (Å²) in [5.41, 5.74) is 0. The number of phosphoric ester groups is 2. The first-order chi connectivity index (χ1) is 66.2. The minimum absolute atomic E-state index is 0.101. The molecular formula is C117H202O16P2. The first-order valence-corrected chi connectivity index (χ1v) is 58.1. The van der Waals surface area contributed by atoms with Gasteiger partial charge in [-0.15, -0.1) is 0 Å². The van der Waals surface area contributed by atoms with Crippen LogP contribution in [0, 0.1) is 0 Å². The van der Waals surface area contributed by atoms with E-state index in [1.807, 2.05) is 0 Å². The molecule has 0 aliphatic carbocycles. The van der Waals surface area contributed by atoms with Crippen molar-refractivity contribution in [1.82, 2.24) is 0 Å². The maximum Gasteiger partial charge on any atom is 0.472 e. The Morgan fingerprint density at radius 1 is 0.215 bits per heavy atom. The zero-order chi connectivity index (χ0) is 97.8. The van der Waals surface area contributed by atoms with Crippen molar-refractivity contribution in [3.63, 3.8) is 0 Å². The van der Waals surface area contributed by atoms with Crippen molar-refractivity contribution < 1.29 is 75.8 Å². The third kappa shape index (κ3) is 109. The molecule has 0 aromatic rings. The molecule has 0 aliphatic heterocycles. The average molecular weight is 1930 g/mol. The molecule has 0 aromatic carbocycles. The Hall–Kier alpha value is -5.35. The lowest BCUT2D eigenvalue weighted by molar-refractivity contribution is -0.161. The first-order valence-electron chi connectivity index (χ1n) is 55.1. The van der Waals surface area contributed by atoms with E-state index in [1.165, 1.54) is 257 Å². The summed E-state index contributed by atoms with van der Waals surface area (Å²) < 4.78 is 61.8. The van der Waals surface area contributed by atoms with Crippen molar-refractivity contribution in [2.45, 2.75) is 501 Å². The molecule has 0 aliphatic rings. The Morgan fingerprint density at radius 3 is 0.622 bits per heavy atom. The molecule has 0 amide bonds. The number of unbranched alkanes of at least 4 members (excludes halogenated alkanes) is 51. The molecule has 0 rings (SSSR count).